The number of carbonyl (C=O) groups is 1. The molecule has 0 radical (unpaired) electrons. The third-order valence-corrected chi connectivity index (χ3v) is 6.77. The van der Waals surface area contributed by atoms with Gasteiger partial charge in [0.05, 0.1) is 18.2 Å². The number of aryl methyl sites for hydroxylation is 1. The molecule has 5 atom stereocenters. The van der Waals surface area contributed by atoms with Crippen LogP contribution >= 0.6 is 0 Å². The fourth-order valence-corrected chi connectivity index (χ4v) is 5.00. The molecule has 36 heavy (non-hydrogen) atoms. The van der Waals surface area contributed by atoms with Crippen LogP contribution in [0.5, 0.6) is 0 Å². The predicted molar refractivity (Wildman–Crippen MR) is 133 cm³/mol. The fraction of sp³-hybridized carbons (Fsp3) is 0.500. The van der Waals surface area contributed by atoms with E-state index in [-0.39, 0.29) is 24.5 Å². The van der Waals surface area contributed by atoms with Crippen molar-refractivity contribution in [3.05, 3.63) is 65.2 Å². The van der Waals surface area contributed by atoms with Gasteiger partial charge in [0.15, 0.2) is 17.7 Å². The Morgan fingerprint density at radius 3 is 2.47 bits per heavy atom. The molecule has 0 bridgehead atoms. The molecule has 1 unspecified atom stereocenters. The maximum atomic E-state index is 14.0. The van der Waals surface area contributed by atoms with Crippen molar-refractivity contribution in [1.29, 1.82) is 5.26 Å². The molecule has 4 rings (SSSR count). The van der Waals surface area contributed by atoms with E-state index in [9.17, 15) is 10.1 Å². The molecular weight excluding hydrogens is 460 g/mol. The zero-order chi connectivity index (χ0) is 26.1. The number of nitrogens with one attached hydrogen (secondary N) is 1. The number of methoxy groups -OCH3 is 1. The van der Waals surface area contributed by atoms with Gasteiger partial charge in [-0.1, -0.05) is 44.2 Å². The van der Waals surface area contributed by atoms with Crippen LogP contribution in [-0.2, 0) is 34.1 Å². The van der Waals surface area contributed by atoms with Gasteiger partial charge < -0.3 is 29.0 Å². The standard InChI is InChI=1S/C28H34N2O6/c1-17(2)28(20-10-8-7-9-11-20,26(31)30-21-13-12-19(15-29)14-18(21)3)33-16-22-23-24(25(32-6)34-22)36-27(4,5)35-23/h7-14,17,22-25H,16H2,1-6H3,(H,30,31)/t22-,23-,24-,25?,28+/m1/s1. The van der Waals surface area contributed by atoms with E-state index in [1.165, 1.54) is 0 Å². The number of hydrogen-bond donors (Lipinski definition) is 1. The maximum Gasteiger partial charge on any atom is 0.261 e. The highest BCUT2D eigenvalue weighted by atomic mass is 16.8. The van der Waals surface area contributed by atoms with Gasteiger partial charge in [0.25, 0.3) is 5.91 Å². The van der Waals surface area contributed by atoms with Crippen LogP contribution in [-0.4, -0.2) is 50.0 Å². The van der Waals surface area contributed by atoms with Gasteiger partial charge in [-0.25, -0.2) is 0 Å². The van der Waals surface area contributed by atoms with Gasteiger partial charge in [0, 0.05) is 12.8 Å². The van der Waals surface area contributed by atoms with Gasteiger partial charge in [-0.05, 0) is 56.0 Å². The Labute approximate surface area is 212 Å². The number of ether oxygens (including phenoxy) is 5. The summed E-state index contributed by atoms with van der Waals surface area (Å²) in [5.74, 6) is -1.31. The van der Waals surface area contributed by atoms with Gasteiger partial charge in [0.1, 0.15) is 18.3 Å². The Bertz CT molecular complexity index is 1130. The largest absolute Gasteiger partial charge is 0.357 e. The number of nitriles is 1. The maximum absolute atomic E-state index is 14.0. The molecule has 8 heteroatoms. The number of hydrogen-bond acceptors (Lipinski definition) is 7. The van der Waals surface area contributed by atoms with Crippen molar-refractivity contribution in [3.8, 4) is 6.07 Å². The van der Waals surface area contributed by atoms with Crippen LogP contribution in [0.3, 0.4) is 0 Å². The molecular formula is C28H34N2O6. The van der Waals surface area contributed by atoms with E-state index in [0.717, 1.165) is 11.1 Å². The summed E-state index contributed by atoms with van der Waals surface area (Å²) in [6, 6.07) is 16.7. The highest BCUT2D eigenvalue weighted by molar-refractivity contribution is 5.99. The first kappa shape index (κ1) is 26.3. The van der Waals surface area contributed by atoms with Crippen molar-refractivity contribution in [3.63, 3.8) is 0 Å². The molecule has 2 aliphatic heterocycles. The Morgan fingerprint density at radius 1 is 1.17 bits per heavy atom. The second kappa shape index (κ2) is 10.3. The lowest BCUT2D eigenvalue weighted by Crippen LogP contribution is -2.49. The monoisotopic (exact) mass is 494 g/mol. The summed E-state index contributed by atoms with van der Waals surface area (Å²) >= 11 is 0. The first-order valence-corrected chi connectivity index (χ1v) is 12.2. The number of fused-ring (bicyclic) bond motifs is 1. The molecule has 2 aromatic rings. The number of benzene rings is 2. The number of nitrogens with zero attached hydrogens (tertiary/aromatic N) is 1. The highest BCUT2D eigenvalue weighted by Crippen LogP contribution is 2.41. The van der Waals surface area contributed by atoms with Gasteiger partial charge in [-0.3, -0.25) is 4.79 Å². The van der Waals surface area contributed by atoms with E-state index in [1.54, 1.807) is 25.3 Å². The lowest BCUT2D eigenvalue weighted by Gasteiger charge is -2.38. The molecule has 2 aromatic carbocycles. The van der Waals surface area contributed by atoms with E-state index in [1.807, 2.05) is 65.0 Å². The third-order valence-electron chi connectivity index (χ3n) is 6.77. The van der Waals surface area contributed by atoms with Gasteiger partial charge in [-0.2, -0.15) is 5.26 Å². The van der Waals surface area contributed by atoms with Crippen LogP contribution in [0.4, 0.5) is 5.69 Å². The molecule has 1 amide bonds. The smallest absolute Gasteiger partial charge is 0.261 e. The summed E-state index contributed by atoms with van der Waals surface area (Å²) in [5.41, 5.74) is 1.35. The average Bonchev–Trinajstić information content (AvgIpc) is 3.33. The lowest BCUT2D eigenvalue weighted by atomic mass is 9.81. The highest BCUT2D eigenvalue weighted by Gasteiger charge is 2.56. The Kier molecular flexibility index (Phi) is 7.51. The second-order valence-electron chi connectivity index (χ2n) is 10.0. The fourth-order valence-electron chi connectivity index (χ4n) is 5.00. The topological polar surface area (TPSA) is 99.0 Å². The second-order valence-corrected chi connectivity index (χ2v) is 10.0. The van der Waals surface area contributed by atoms with Crippen molar-refractivity contribution in [2.75, 3.05) is 19.0 Å². The lowest BCUT2D eigenvalue weighted by molar-refractivity contribution is -0.237. The van der Waals surface area contributed by atoms with Crippen molar-refractivity contribution < 1.29 is 28.5 Å². The Balaban J connectivity index is 1.64. The quantitative estimate of drug-likeness (QED) is 0.585. The number of rotatable bonds is 8. The normalized spacial score (nSPS) is 26.3. The number of carbonyl (C=O) groups excluding carboxylic acids is 1. The molecule has 0 spiro atoms. The summed E-state index contributed by atoms with van der Waals surface area (Å²) in [6.07, 6.45) is -1.87. The van der Waals surface area contributed by atoms with Crippen molar-refractivity contribution in [1.82, 2.24) is 0 Å². The SMILES string of the molecule is COC1O[C@H](CO[C@](C(=O)Nc2ccc(C#N)cc2C)(c2ccccc2)C(C)C)[C@H]2OC(C)(C)O[C@@H]12. The van der Waals surface area contributed by atoms with E-state index in [2.05, 4.69) is 11.4 Å². The Hall–Kier alpha value is -2.80. The van der Waals surface area contributed by atoms with E-state index in [0.29, 0.717) is 11.3 Å². The molecule has 8 nitrogen and oxygen atoms in total. The summed E-state index contributed by atoms with van der Waals surface area (Å²) in [4.78, 5) is 14.0. The molecule has 2 heterocycles. The molecule has 0 aromatic heterocycles. The molecule has 0 saturated carbocycles. The molecule has 2 aliphatic rings. The summed E-state index contributed by atoms with van der Waals surface area (Å²) < 4.78 is 30.2. The summed E-state index contributed by atoms with van der Waals surface area (Å²) in [7, 11) is 1.56. The number of anilines is 1. The van der Waals surface area contributed by atoms with Crippen molar-refractivity contribution >= 4 is 11.6 Å². The van der Waals surface area contributed by atoms with E-state index >= 15 is 0 Å². The van der Waals surface area contributed by atoms with Gasteiger partial charge >= 0.3 is 0 Å². The number of amides is 1. The van der Waals surface area contributed by atoms with Crippen LogP contribution in [0.25, 0.3) is 0 Å². The minimum absolute atomic E-state index is 0.0906. The molecule has 1 N–H and O–H groups in total. The van der Waals surface area contributed by atoms with Crippen LogP contribution in [0.1, 0.15) is 44.4 Å². The molecule has 192 valence electrons. The first-order valence-electron chi connectivity index (χ1n) is 12.2. The van der Waals surface area contributed by atoms with Gasteiger partial charge in [-0.15, -0.1) is 0 Å². The first-order chi connectivity index (χ1) is 17.1. The van der Waals surface area contributed by atoms with E-state index < -0.39 is 29.9 Å². The van der Waals surface area contributed by atoms with E-state index in [4.69, 9.17) is 23.7 Å². The van der Waals surface area contributed by atoms with Gasteiger partial charge in [0.2, 0.25) is 0 Å². The van der Waals surface area contributed by atoms with Crippen LogP contribution in [0.15, 0.2) is 48.5 Å². The van der Waals surface area contributed by atoms with Crippen molar-refractivity contribution in [2.45, 2.75) is 70.6 Å². The van der Waals surface area contributed by atoms with Crippen LogP contribution in [0, 0.1) is 24.2 Å². The average molecular weight is 495 g/mol. The summed E-state index contributed by atoms with van der Waals surface area (Å²) in [5, 5.41) is 12.2. The van der Waals surface area contributed by atoms with Crippen LogP contribution in [0.2, 0.25) is 0 Å². The molecule has 0 aliphatic carbocycles. The summed E-state index contributed by atoms with van der Waals surface area (Å²) in [6.45, 7) is 9.55. The zero-order valence-electron chi connectivity index (χ0n) is 21.6. The van der Waals surface area contributed by atoms with Crippen molar-refractivity contribution in [2.24, 2.45) is 5.92 Å². The minimum atomic E-state index is -1.32. The molecule has 2 fully saturated rings. The zero-order valence-corrected chi connectivity index (χ0v) is 21.6. The third kappa shape index (κ3) is 4.90. The predicted octanol–water partition coefficient (Wildman–Crippen LogP) is 4.26. The minimum Gasteiger partial charge on any atom is -0.357 e. The Morgan fingerprint density at radius 2 is 1.86 bits per heavy atom. The van der Waals surface area contributed by atoms with Crippen LogP contribution < -0.4 is 5.32 Å². The molecule has 2 saturated heterocycles.